The SMILES string of the molecule is O=[N+]([O-])c1ccc(P(=O)(Nc2ccc3ccccc3c2)Nc2ccc3ccccc3c2)cc1. The van der Waals surface area contributed by atoms with Crippen LogP contribution in [0.4, 0.5) is 17.1 Å². The van der Waals surface area contributed by atoms with Gasteiger partial charge in [0.05, 0.1) is 10.2 Å². The largest absolute Gasteiger partial charge is 0.317 e. The van der Waals surface area contributed by atoms with E-state index < -0.39 is 12.4 Å². The molecule has 2 N–H and O–H groups in total. The Balaban J connectivity index is 1.56. The minimum absolute atomic E-state index is 0.0540. The van der Waals surface area contributed by atoms with Gasteiger partial charge in [0, 0.05) is 23.5 Å². The average Bonchev–Trinajstić information content (AvgIpc) is 2.84. The van der Waals surface area contributed by atoms with E-state index in [1.807, 2.05) is 84.9 Å². The van der Waals surface area contributed by atoms with Gasteiger partial charge in [-0.15, -0.1) is 0 Å². The van der Waals surface area contributed by atoms with E-state index in [4.69, 9.17) is 0 Å². The number of nitro benzene ring substituents is 1. The third-order valence-electron chi connectivity index (χ3n) is 5.50. The van der Waals surface area contributed by atoms with Crippen molar-refractivity contribution in [3.63, 3.8) is 0 Å². The zero-order chi connectivity index (χ0) is 22.8. The summed E-state index contributed by atoms with van der Waals surface area (Å²) in [6.45, 7) is 0. The number of fused-ring (bicyclic) bond motifs is 2. The average molecular weight is 453 g/mol. The number of rotatable bonds is 6. The van der Waals surface area contributed by atoms with Crippen LogP contribution in [-0.4, -0.2) is 4.92 Å². The van der Waals surface area contributed by atoms with Crippen LogP contribution >= 0.6 is 7.44 Å². The van der Waals surface area contributed by atoms with Crippen molar-refractivity contribution in [1.82, 2.24) is 0 Å². The second-order valence-electron chi connectivity index (χ2n) is 7.73. The summed E-state index contributed by atoms with van der Waals surface area (Å²) in [6, 6.07) is 33.2. The van der Waals surface area contributed by atoms with Gasteiger partial charge in [-0.2, -0.15) is 0 Å². The molecule has 0 aliphatic carbocycles. The van der Waals surface area contributed by atoms with Gasteiger partial charge in [-0.25, -0.2) is 0 Å². The summed E-state index contributed by atoms with van der Waals surface area (Å²) in [5.74, 6) is 0. The monoisotopic (exact) mass is 453 g/mol. The van der Waals surface area contributed by atoms with Gasteiger partial charge in [-0.3, -0.25) is 14.7 Å². The highest BCUT2D eigenvalue weighted by atomic mass is 31.2. The summed E-state index contributed by atoms with van der Waals surface area (Å²) < 4.78 is 14.3. The van der Waals surface area contributed by atoms with Crippen molar-refractivity contribution in [1.29, 1.82) is 0 Å². The molecule has 0 unspecified atom stereocenters. The van der Waals surface area contributed by atoms with Gasteiger partial charge in [0.1, 0.15) is 0 Å². The van der Waals surface area contributed by atoms with E-state index in [0.29, 0.717) is 16.7 Å². The van der Waals surface area contributed by atoms with Crippen LogP contribution in [0.25, 0.3) is 21.5 Å². The number of benzene rings is 5. The lowest BCUT2D eigenvalue weighted by molar-refractivity contribution is -0.384. The summed E-state index contributed by atoms with van der Waals surface area (Å²) in [6.07, 6.45) is 0. The Hall–Kier alpha value is -4.15. The van der Waals surface area contributed by atoms with E-state index in [1.54, 1.807) is 0 Å². The smallest absolute Gasteiger partial charge is 0.287 e. The van der Waals surface area contributed by atoms with Crippen LogP contribution in [0.5, 0.6) is 0 Å². The fourth-order valence-electron chi connectivity index (χ4n) is 3.82. The van der Waals surface area contributed by atoms with Gasteiger partial charge in [0.2, 0.25) is 0 Å². The zero-order valence-electron chi connectivity index (χ0n) is 17.5. The Labute approximate surface area is 190 Å². The molecule has 6 nitrogen and oxygen atoms in total. The highest BCUT2D eigenvalue weighted by Crippen LogP contribution is 2.45. The van der Waals surface area contributed by atoms with Gasteiger partial charge < -0.3 is 10.2 Å². The Bertz CT molecular complexity index is 1450. The van der Waals surface area contributed by atoms with Gasteiger partial charge in [0.25, 0.3) is 13.1 Å². The number of nitro groups is 1. The van der Waals surface area contributed by atoms with Crippen molar-refractivity contribution < 1.29 is 9.49 Å². The molecule has 162 valence electrons. The molecule has 0 spiro atoms. The molecule has 0 saturated heterocycles. The predicted molar refractivity (Wildman–Crippen MR) is 135 cm³/mol. The first-order valence-electron chi connectivity index (χ1n) is 10.4. The van der Waals surface area contributed by atoms with Crippen molar-refractivity contribution in [2.45, 2.75) is 0 Å². The number of nitrogens with zero attached hydrogens (tertiary/aromatic N) is 1. The van der Waals surface area contributed by atoms with Gasteiger partial charge in [0.15, 0.2) is 0 Å². The maximum Gasteiger partial charge on any atom is 0.287 e. The normalized spacial score (nSPS) is 11.4. The maximum atomic E-state index is 14.3. The second-order valence-corrected chi connectivity index (χ2v) is 9.91. The second kappa shape index (κ2) is 8.41. The highest BCUT2D eigenvalue weighted by Gasteiger charge is 2.26. The van der Waals surface area contributed by atoms with E-state index in [2.05, 4.69) is 10.2 Å². The third-order valence-corrected chi connectivity index (χ3v) is 7.67. The standard InChI is InChI=1S/C26H20N3O3P/c30-29(31)25-13-15-26(16-14-25)33(32,27-23-11-9-19-5-1-3-7-21(19)17-23)28-24-12-10-20-6-2-4-8-22(20)18-24/h1-18H,(H2,27,28,32). The molecule has 5 rings (SSSR count). The third kappa shape index (κ3) is 4.29. The molecule has 5 aromatic carbocycles. The summed E-state index contributed by atoms with van der Waals surface area (Å²) >= 11 is 0. The Morgan fingerprint density at radius 3 is 1.52 bits per heavy atom. The molecule has 0 bridgehead atoms. The fourth-order valence-corrected chi connectivity index (χ4v) is 5.71. The predicted octanol–water partition coefficient (Wildman–Crippen LogP) is 6.94. The van der Waals surface area contributed by atoms with Crippen LogP contribution in [0.15, 0.2) is 109 Å². The molecule has 0 aliphatic rings. The first kappa shape index (κ1) is 20.7. The van der Waals surface area contributed by atoms with Crippen LogP contribution in [0, 0.1) is 10.1 Å². The summed E-state index contributed by atoms with van der Waals surface area (Å²) in [4.78, 5) is 10.6. The highest BCUT2D eigenvalue weighted by molar-refractivity contribution is 7.74. The lowest BCUT2D eigenvalue weighted by atomic mass is 10.1. The lowest BCUT2D eigenvalue weighted by Crippen LogP contribution is -2.18. The summed E-state index contributed by atoms with van der Waals surface area (Å²) in [5, 5.41) is 22.1. The lowest BCUT2D eigenvalue weighted by Gasteiger charge is -2.23. The molecule has 0 saturated carbocycles. The van der Waals surface area contributed by atoms with Gasteiger partial charge in [-0.05, 0) is 57.9 Å². The quantitative estimate of drug-likeness (QED) is 0.165. The molecule has 0 fully saturated rings. The number of hydrogen-bond acceptors (Lipinski definition) is 3. The van der Waals surface area contributed by atoms with Crippen LogP contribution < -0.4 is 15.5 Å². The molecular formula is C26H20N3O3P. The van der Waals surface area contributed by atoms with Crippen molar-refractivity contribution in [3.05, 3.63) is 119 Å². The molecule has 0 amide bonds. The van der Waals surface area contributed by atoms with Crippen molar-refractivity contribution in [2.24, 2.45) is 0 Å². The van der Waals surface area contributed by atoms with Crippen LogP contribution in [0.3, 0.4) is 0 Å². The fraction of sp³-hybridized carbons (Fsp3) is 0. The first-order valence-corrected chi connectivity index (χ1v) is 12.1. The molecular weight excluding hydrogens is 433 g/mol. The van der Waals surface area contributed by atoms with E-state index in [9.17, 15) is 14.7 Å². The summed E-state index contributed by atoms with van der Waals surface area (Å²) in [5.41, 5.74) is 1.31. The van der Waals surface area contributed by atoms with Crippen molar-refractivity contribution >= 4 is 51.4 Å². The molecule has 0 aliphatic heterocycles. The van der Waals surface area contributed by atoms with E-state index in [-0.39, 0.29) is 5.69 Å². The van der Waals surface area contributed by atoms with Gasteiger partial charge in [-0.1, -0.05) is 60.7 Å². The van der Waals surface area contributed by atoms with Crippen LogP contribution in [-0.2, 0) is 4.57 Å². The molecule has 0 aromatic heterocycles. The summed E-state index contributed by atoms with van der Waals surface area (Å²) in [7, 11) is -3.44. The van der Waals surface area contributed by atoms with Crippen LogP contribution in [0.2, 0.25) is 0 Å². The molecule has 7 heteroatoms. The number of anilines is 2. The molecule has 0 atom stereocenters. The zero-order valence-corrected chi connectivity index (χ0v) is 18.4. The Kier molecular flexibility index (Phi) is 5.29. The minimum atomic E-state index is -3.44. The topological polar surface area (TPSA) is 84.3 Å². The number of hydrogen-bond donors (Lipinski definition) is 2. The first-order chi connectivity index (χ1) is 16.0. The van der Waals surface area contributed by atoms with Crippen molar-refractivity contribution in [2.75, 3.05) is 10.2 Å². The van der Waals surface area contributed by atoms with Crippen LogP contribution in [0.1, 0.15) is 0 Å². The number of nitrogens with one attached hydrogen (secondary N) is 2. The maximum absolute atomic E-state index is 14.3. The minimum Gasteiger partial charge on any atom is -0.317 e. The molecule has 0 radical (unpaired) electrons. The molecule has 33 heavy (non-hydrogen) atoms. The molecule has 5 aromatic rings. The number of non-ortho nitro benzene ring substituents is 1. The van der Waals surface area contributed by atoms with E-state index in [1.165, 1.54) is 24.3 Å². The van der Waals surface area contributed by atoms with E-state index >= 15 is 0 Å². The Morgan fingerprint density at radius 2 is 1.06 bits per heavy atom. The van der Waals surface area contributed by atoms with Gasteiger partial charge >= 0.3 is 0 Å². The van der Waals surface area contributed by atoms with Crippen molar-refractivity contribution in [3.8, 4) is 0 Å². The van der Waals surface area contributed by atoms with E-state index in [0.717, 1.165) is 21.5 Å². The molecule has 0 heterocycles. The Morgan fingerprint density at radius 1 is 0.606 bits per heavy atom.